The van der Waals surface area contributed by atoms with E-state index in [4.69, 9.17) is 9.47 Å². The summed E-state index contributed by atoms with van der Waals surface area (Å²) in [5.74, 6) is 0.0980. The molecule has 8 heteroatoms. The second kappa shape index (κ2) is 5.85. The van der Waals surface area contributed by atoms with Gasteiger partial charge >= 0.3 is 0 Å². The Balaban J connectivity index is 1.56. The van der Waals surface area contributed by atoms with Gasteiger partial charge in [0.25, 0.3) is 11.6 Å². The summed E-state index contributed by atoms with van der Waals surface area (Å²) in [6.45, 7) is 4.43. The molecule has 5 rings (SSSR count). The third-order valence-corrected chi connectivity index (χ3v) is 5.18. The highest BCUT2D eigenvalue weighted by molar-refractivity contribution is 6.04. The zero-order valence-corrected chi connectivity index (χ0v) is 14.7. The van der Waals surface area contributed by atoms with Crippen LogP contribution >= 0.6 is 0 Å². The van der Waals surface area contributed by atoms with Crippen molar-refractivity contribution in [2.24, 2.45) is 0 Å². The van der Waals surface area contributed by atoms with Gasteiger partial charge in [0.05, 0.1) is 22.4 Å². The minimum atomic E-state index is -0.587. The minimum absolute atomic E-state index is 0.0288. The fraction of sp³-hybridized carbons (Fsp3) is 0.150. The summed E-state index contributed by atoms with van der Waals surface area (Å²) in [6, 6.07) is 10.5. The first-order valence-corrected chi connectivity index (χ1v) is 8.73. The maximum absolute atomic E-state index is 13.2. The van der Waals surface area contributed by atoms with Gasteiger partial charge in [-0.1, -0.05) is 24.8 Å². The van der Waals surface area contributed by atoms with Crippen molar-refractivity contribution in [1.29, 1.82) is 0 Å². The monoisotopic (exact) mass is 377 g/mol. The van der Waals surface area contributed by atoms with Crippen LogP contribution in [0.2, 0.25) is 0 Å². The first kappa shape index (κ1) is 16.4. The molecule has 0 fully saturated rings. The van der Waals surface area contributed by atoms with Gasteiger partial charge in [0.15, 0.2) is 11.5 Å². The highest BCUT2D eigenvalue weighted by Gasteiger charge is 2.33. The van der Waals surface area contributed by atoms with E-state index in [1.807, 2.05) is 24.3 Å². The lowest BCUT2D eigenvalue weighted by Crippen LogP contribution is -2.34. The molecule has 2 aliphatic heterocycles. The summed E-state index contributed by atoms with van der Waals surface area (Å²) in [4.78, 5) is 28.9. The molecule has 3 aromatic rings. The number of fused-ring (bicyclic) bond motifs is 4. The van der Waals surface area contributed by atoms with Crippen molar-refractivity contribution in [1.82, 2.24) is 9.88 Å². The Hall–Kier alpha value is -3.81. The SMILES string of the molecule is C=C1c2[nH]c3ccccc3c2CCN1C(=O)c1cc2c(cc1[N+](=O)[O-])OCO2. The topological polar surface area (TPSA) is 97.7 Å². The molecule has 0 atom stereocenters. The second-order valence-electron chi connectivity index (χ2n) is 6.66. The molecule has 0 spiro atoms. The number of nitro groups is 1. The first-order valence-electron chi connectivity index (χ1n) is 8.73. The average molecular weight is 377 g/mol. The second-order valence-corrected chi connectivity index (χ2v) is 6.66. The number of amides is 1. The minimum Gasteiger partial charge on any atom is -0.454 e. The van der Waals surface area contributed by atoms with Crippen LogP contribution in [0.5, 0.6) is 11.5 Å². The third-order valence-electron chi connectivity index (χ3n) is 5.18. The predicted molar refractivity (Wildman–Crippen MR) is 101 cm³/mol. The molecule has 2 aliphatic rings. The van der Waals surface area contributed by atoms with Gasteiger partial charge < -0.3 is 19.4 Å². The van der Waals surface area contributed by atoms with Crippen molar-refractivity contribution in [3.8, 4) is 11.5 Å². The maximum atomic E-state index is 13.2. The number of rotatable bonds is 2. The van der Waals surface area contributed by atoms with Gasteiger partial charge in [-0.15, -0.1) is 0 Å². The van der Waals surface area contributed by atoms with E-state index in [1.165, 1.54) is 17.0 Å². The van der Waals surface area contributed by atoms with E-state index in [0.29, 0.717) is 24.4 Å². The van der Waals surface area contributed by atoms with E-state index in [1.54, 1.807) is 0 Å². The molecule has 0 saturated carbocycles. The molecule has 3 heterocycles. The van der Waals surface area contributed by atoms with Crippen molar-refractivity contribution in [3.05, 3.63) is 69.9 Å². The fourth-order valence-corrected chi connectivity index (χ4v) is 3.82. The number of nitrogens with zero attached hydrogens (tertiary/aromatic N) is 2. The van der Waals surface area contributed by atoms with Crippen molar-refractivity contribution in [2.75, 3.05) is 13.3 Å². The van der Waals surface area contributed by atoms with Crippen molar-refractivity contribution in [2.45, 2.75) is 6.42 Å². The number of aromatic nitrogens is 1. The number of aromatic amines is 1. The van der Waals surface area contributed by atoms with E-state index in [-0.39, 0.29) is 23.8 Å². The summed E-state index contributed by atoms with van der Waals surface area (Å²) in [5, 5.41) is 12.6. The lowest BCUT2D eigenvalue weighted by molar-refractivity contribution is -0.385. The van der Waals surface area contributed by atoms with Crippen LogP contribution in [0.25, 0.3) is 16.6 Å². The van der Waals surface area contributed by atoms with E-state index < -0.39 is 10.8 Å². The van der Waals surface area contributed by atoms with Crippen LogP contribution in [0.4, 0.5) is 5.69 Å². The zero-order chi connectivity index (χ0) is 19.4. The van der Waals surface area contributed by atoms with Crippen LogP contribution in [0.15, 0.2) is 43.0 Å². The standard InChI is InChI=1S/C20H15N3O5/c1-11-19-13(12-4-2-3-5-15(12)21-19)6-7-22(11)20(24)14-8-17-18(28-10-27-17)9-16(14)23(25)26/h2-5,8-9,21H,1,6-7,10H2. The largest absolute Gasteiger partial charge is 0.454 e. The quantitative estimate of drug-likeness (QED) is 0.545. The highest BCUT2D eigenvalue weighted by Crippen LogP contribution is 2.40. The average Bonchev–Trinajstić information content (AvgIpc) is 3.31. The molecule has 1 N–H and O–H groups in total. The predicted octanol–water partition coefficient (Wildman–Crippen LogP) is 3.47. The Bertz CT molecular complexity index is 1180. The Morgan fingerprint density at radius 1 is 1.21 bits per heavy atom. The Morgan fingerprint density at radius 3 is 2.75 bits per heavy atom. The molecular formula is C20H15N3O5. The van der Waals surface area contributed by atoms with Gasteiger partial charge in [-0.2, -0.15) is 0 Å². The number of benzene rings is 2. The van der Waals surface area contributed by atoms with Crippen molar-refractivity contribution in [3.63, 3.8) is 0 Å². The van der Waals surface area contributed by atoms with Gasteiger partial charge in [0.2, 0.25) is 6.79 Å². The third kappa shape index (κ3) is 2.27. The number of H-pyrrole nitrogens is 1. The van der Waals surface area contributed by atoms with Gasteiger partial charge in [0, 0.05) is 23.5 Å². The van der Waals surface area contributed by atoms with Gasteiger partial charge in [-0.05, 0) is 18.1 Å². The molecule has 1 amide bonds. The number of para-hydroxylation sites is 1. The Morgan fingerprint density at radius 2 is 1.96 bits per heavy atom. The molecule has 0 radical (unpaired) electrons. The van der Waals surface area contributed by atoms with E-state index in [2.05, 4.69) is 11.6 Å². The van der Waals surface area contributed by atoms with Crippen molar-refractivity contribution >= 4 is 28.2 Å². The van der Waals surface area contributed by atoms with Crippen LogP contribution in [-0.2, 0) is 6.42 Å². The molecule has 1 aromatic heterocycles. The number of nitrogens with one attached hydrogen (secondary N) is 1. The maximum Gasteiger partial charge on any atom is 0.286 e. The summed E-state index contributed by atoms with van der Waals surface area (Å²) >= 11 is 0. The number of hydrogen-bond acceptors (Lipinski definition) is 5. The fourth-order valence-electron chi connectivity index (χ4n) is 3.82. The van der Waals surface area contributed by atoms with Crippen LogP contribution < -0.4 is 9.47 Å². The van der Waals surface area contributed by atoms with Gasteiger partial charge in [0.1, 0.15) is 5.56 Å². The van der Waals surface area contributed by atoms with E-state index in [0.717, 1.165) is 22.2 Å². The number of hydrogen-bond donors (Lipinski definition) is 1. The molecular weight excluding hydrogens is 362 g/mol. The van der Waals surface area contributed by atoms with Crippen LogP contribution in [0, 0.1) is 10.1 Å². The van der Waals surface area contributed by atoms with Gasteiger partial charge in [-0.25, -0.2) is 0 Å². The Kier molecular flexibility index (Phi) is 3.42. The van der Waals surface area contributed by atoms with E-state index in [9.17, 15) is 14.9 Å². The number of nitro benzene ring substituents is 1. The number of carbonyl (C=O) groups is 1. The number of carbonyl (C=O) groups excluding carboxylic acids is 1. The Labute approximate surface area is 159 Å². The molecule has 0 bridgehead atoms. The molecule has 0 unspecified atom stereocenters. The van der Waals surface area contributed by atoms with Gasteiger partial charge in [-0.3, -0.25) is 14.9 Å². The summed E-state index contributed by atoms with van der Waals surface area (Å²) in [6.07, 6.45) is 0.627. The molecule has 8 nitrogen and oxygen atoms in total. The molecule has 28 heavy (non-hydrogen) atoms. The molecule has 0 aliphatic carbocycles. The lowest BCUT2D eigenvalue weighted by atomic mass is 10.00. The molecule has 140 valence electrons. The zero-order valence-electron chi connectivity index (χ0n) is 14.7. The smallest absolute Gasteiger partial charge is 0.286 e. The molecule has 0 saturated heterocycles. The normalized spacial score (nSPS) is 15.0. The number of ether oxygens (including phenoxy) is 2. The molecule has 2 aromatic carbocycles. The van der Waals surface area contributed by atoms with E-state index >= 15 is 0 Å². The summed E-state index contributed by atoms with van der Waals surface area (Å²) < 4.78 is 10.5. The van der Waals surface area contributed by atoms with Crippen molar-refractivity contribution < 1.29 is 19.2 Å². The summed E-state index contributed by atoms with van der Waals surface area (Å²) in [7, 11) is 0. The lowest BCUT2D eigenvalue weighted by Gasteiger charge is -2.29. The van der Waals surface area contributed by atoms with Crippen LogP contribution in [0.1, 0.15) is 21.6 Å². The first-order chi connectivity index (χ1) is 13.5. The van der Waals surface area contributed by atoms with Crippen LogP contribution in [-0.4, -0.2) is 34.1 Å². The van der Waals surface area contributed by atoms with Crippen LogP contribution in [0.3, 0.4) is 0 Å². The summed E-state index contributed by atoms with van der Waals surface area (Å²) in [5.41, 5.74) is 2.99. The highest BCUT2D eigenvalue weighted by atomic mass is 16.7.